The second kappa shape index (κ2) is 12.2. The first-order valence-corrected chi connectivity index (χ1v) is 9.07. The molecule has 1 aromatic carbocycles. The molecular formula is C18H27IN4OS. The van der Waals surface area contributed by atoms with Gasteiger partial charge in [0.05, 0.1) is 25.5 Å². The summed E-state index contributed by atoms with van der Waals surface area (Å²) in [6, 6.07) is 10.2. The first-order chi connectivity index (χ1) is 11.7. The van der Waals surface area contributed by atoms with Gasteiger partial charge in [-0.05, 0) is 26.3 Å². The lowest BCUT2D eigenvalue weighted by Gasteiger charge is -2.11. The summed E-state index contributed by atoms with van der Waals surface area (Å²) in [5, 5.41) is 7.58. The fourth-order valence-electron chi connectivity index (χ4n) is 2.10. The summed E-state index contributed by atoms with van der Waals surface area (Å²) in [5.74, 6) is 0.798. The number of hydrogen-bond acceptors (Lipinski definition) is 4. The van der Waals surface area contributed by atoms with Crippen LogP contribution in [0.4, 0.5) is 0 Å². The van der Waals surface area contributed by atoms with Gasteiger partial charge in [-0.25, -0.2) is 9.98 Å². The molecule has 2 rings (SSSR count). The number of guanidine groups is 1. The molecule has 0 aliphatic rings. The Balaban J connectivity index is 0.00000312. The lowest BCUT2D eigenvalue weighted by atomic mass is 10.2. The number of ether oxygens (including phenoxy) is 1. The highest BCUT2D eigenvalue weighted by molar-refractivity contribution is 14.0. The standard InChI is InChI=1S/C18H26N4OS.HI/c1-4-19-18(21-12-17-22-14(2)15(3)24-17)20-10-11-23-13-16-8-6-5-7-9-16;/h5-9H,4,10-13H2,1-3H3,(H2,19,20,21);1H. The Labute approximate surface area is 171 Å². The van der Waals surface area contributed by atoms with Crippen LogP contribution in [0.5, 0.6) is 0 Å². The zero-order valence-electron chi connectivity index (χ0n) is 15.0. The molecule has 0 saturated heterocycles. The van der Waals surface area contributed by atoms with Crippen molar-refractivity contribution in [2.45, 2.75) is 33.9 Å². The molecule has 0 atom stereocenters. The van der Waals surface area contributed by atoms with E-state index in [1.807, 2.05) is 25.1 Å². The summed E-state index contributed by atoms with van der Waals surface area (Å²) in [6.07, 6.45) is 0. The van der Waals surface area contributed by atoms with E-state index in [-0.39, 0.29) is 24.0 Å². The molecule has 138 valence electrons. The third-order valence-corrected chi connectivity index (χ3v) is 4.50. The van der Waals surface area contributed by atoms with Crippen molar-refractivity contribution < 1.29 is 4.74 Å². The zero-order valence-corrected chi connectivity index (χ0v) is 18.2. The summed E-state index contributed by atoms with van der Waals surface area (Å²) in [6.45, 7) is 9.59. The predicted octanol–water partition coefficient (Wildman–Crippen LogP) is 3.65. The maximum absolute atomic E-state index is 5.67. The van der Waals surface area contributed by atoms with Gasteiger partial charge in [-0.15, -0.1) is 35.3 Å². The van der Waals surface area contributed by atoms with Crippen LogP contribution in [0.25, 0.3) is 0 Å². The minimum atomic E-state index is 0. The van der Waals surface area contributed by atoms with Crippen LogP contribution in [-0.4, -0.2) is 30.6 Å². The highest BCUT2D eigenvalue weighted by Crippen LogP contribution is 2.16. The molecule has 0 unspecified atom stereocenters. The van der Waals surface area contributed by atoms with Crippen molar-refractivity contribution in [1.29, 1.82) is 0 Å². The van der Waals surface area contributed by atoms with Crippen LogP contribution in [0.3, 0.4) is 0 Å². The largest absolute Gasteiger partial charge is 0.375 e. The van der Waals surface area contributed by atoms with Gasteiger partial charge in [0.2, 0.25) is 0 Å². The molecular weight excluding hydrogens is 447 g/mol. The highest BCUT2D eigenvalue weighted by atomic mass is 127. The van der Waals surface area contributed by atoms with E-state index in [0.717, 1.165) is 23.2 Å². The van der Waals surface area contributed by atoms with Crippen LogP contribution in [-0.2, 0) is 17.9 Å². The lowest BCUT2D eigenvalue weighted by molar-refractivity contribution is 0.125. The van der Waals surface area contributed by atoms with Gasteiger partial charge in [-0.2, -0.15) is 0 Å². The Morgan fingerprint density at radius 3 is 2.60 bits per heavy atom. The van der Waals surface area contributed by atoms with Crippen molar-refractivity contribution in [3.63, 3.8) is 0 Å². The molecule has 0 radical (unpaired) electrons. The van der Waals surface area contributed by atoms with Crippen LogP contribution < -0.4 is 10.6 Å². The van der Waals surface area contributed by atoms with Gasteiger partial charge in [0.1, 0.15) is 5.01 Å². The van der Waals surface area contributed by atoms with E-state index in [0.29, 0.717) is 26.3 Å². The van der Waals surface area contributed by atoms with Crippen LogP contribution in [0.1, 0.15) is 28.1 Å². The molecule has 5 nitrogen and oxygen atoms in total. The molecule has 1 heterocycles. The Morgan fingerprint density at radius 1 is 1.20 bits per heavy atom. The van der Waals surface area contributed by atoms with Gasteiger partial charge in [-0.3, -0.25) is 0 Å². The molecule has 2 N–H and O–H groups in total. The molecule has 0 fully saturated rings. The number of thiazole rings is 1. The topological polar surface area (TPSA) is 58.5 Å². The third-order valence-electron chi connectivity index (χ3n) is 3.44. The molecule has 25 heavy (non-hydrogen) atoms. The van der Waals surface area contributed by atoms with Crippen molar-refractivity contribution in [2.24, 2.45) is 4.99 Å². The Morgan fingerprint density at radius 2 is 1.96 bits per heavy atom. The zero-order chi connectivity index (χ0) is 17.2. The van der Waals surface area contributed by atoms with Gasteiger partial charge < -0.3 is 15.4 Å². The van der Waals surface area contributed by atoms with Crippen molar-refractivity contribution in [3.8, 4) is 0 Å². The van der Waals surface area contributed by atoms with Crippen LogP contribution in [0.2, 0.25) is 0 Å². The molecule has 1 aromatic heterocycles. The molecule has 2 aromatic rings. The summed E-state index contributed by atoms with van der Waals surface area (Å²) in [7, 11) is 0. The van der Waals surface area contributed by atoms with Gasteiger partial charge >= 0.3 is 0 Å². The second-order valence-corrected chi connectivity index (χ2v) is 6.70. The fourth-order valence-corrected chi connectivity index (χ4v) is 2.96. The molecule has 7 heteroatoms. The number of benzene rings is 1. The minimum absolute atomic E-state index is 0. The molecule has 0 amide bonds. The van der Waals surface area contributed by atoms with Gasteiger partial charge in [0.15, 0.2) is 5.96 Å². The number of halogens is 1. The van der Waals surface area contributed by atoms with E-state index >= 15 is 0 Å². The number of nitrogens with one attached hydrogen (secondary N) is 2. The highest BCUT2D eigenvalue weighted by Gasteiger charge is 2.03. The van der Waals surface area contributed by atoms with Crippen molar-refractivity contribution >= 4 is 41.3 Å². The van der Waals surface area contributed by atoms with E-state index in [1.54, 1.807) is 11.3 Å². The molecule has 0 saturated carbocycles. The third kappa shape index (κ3) is 8.15. The number of nitrogens with zero attached hydrogens (tertiary/aromatic N) is 2. The number of aliphatic imine (C=N–C) groups is 1. The van der Waals surface area contributed by atoms with E-state index in [1.165, 1.54) is 10.4 Å². The van der Waals surface area contributed by atoms with Crippen LogP contribution >= 0.6 is 35.3 Å². The summed E-state index contributed by atoms with van der Waals surface area (Å²) >= 11 is 1.71. The van der Waals surface area contributed by atoms with Crippen molar-refractivity contribution in [2.75, 3.05) is 19.7 Å². The molecule has 0 aliphatic carbocycles. The monoisotopic (exact) mass is 474 g/mol. The minimum Gasteiger partial charge on any atom is -0.375 e. The SMILES string of the molecule is CCNC(=NCc1nc(C)c(C)s1)NCCOCc1ccccc1.I. The van der Waals surface area contributed by atoms with E-state index in [2.05, 4.69) is 46.6 Å². The summed E-state index contributed by atoms with van der Waals surface area (Å²) < 4.78 is 5.67. The Kier molecular flexibility index (Phi) is 10.7. The van der Waals surface area contributed by atoms with Crippen molar-refractivity contribution in [1.82, 2.24) is 15.6 Å². The van der Waals surface area contributed by atoms with Gasteiger partial charge in [0, 0.05) is 18.0 Å². The second-order valence-electron chi connectivity index (χ2n) is 5.41. The normalized spacial score (nSPS) is 11.1. The molecule has 0 spiro atoms. The maximum Gasteiger partial charge on any atom is 0.191 e. The predicted molar refractivity (Wildman–Crippen MR) is 116 cm³/mol. The number of aromatic nitrogens is 1. The fraction of sp³-hybridized carbons (Fsp3) is 0.444. The average Bonchev–Trinajstić information content (AvgIpc) is 2.91. The summed E-state index contributed by atoms with van der Waals surface area (Å²) in [5.41, 5.74) is 2.28. The molecule has 0 aliphatic heterocycles. The average molecular weight is 474 g/mol. The van der Waals surface area contributed by atoms with Gasteiger partial charge in [-0.1, -0.05) is 30.3 Å². The number of rotatable bonds is 8. The van der Waals surface area contributed by atoms with Gasteiger partial charge in [0.25, 0.3) is 0 Å². The Hall–Kier alpha value is -1.19. The number of aryl methyl sites for hydroxylation is 2. The Bertz CT molecular complexity index is 626. The van der Waals surface area contributed by atoms with Crippen LogP contribution in [0.15, 0.2) is 35.3 Å². The number of hydrogen-bond donors (Lipinski definition) is 2. The first-order valence-electron chi connectivity index (χ1n) is 8.25. The molecule has 0 bridgehead atoms. The first kappa shape index (κ1) is 21.9. The van der Waals surface area contributed by atoms with E-state index in [4.69, 9.17) is 4.74 Å². The van der Waals surface area contributed by atoms with E-state index in [9.17, 15) is 0 Å². The smallest absolute Gasteiger partial charge is 0.191 e. The summed E-state index contributed by atoms with van der Waals surface area (Å²) in [4.78, 5) is 10.4. The quantitative estimate of drug-likeness (QED) is 0.266. The van der Waals surface area contributed by atoms with Crippen LogP contribution in [0, 0.1) is 13.8 Å². The lowest BCUT2D eigenvalue weighted by Crippen LogP contribution is -2.38. The van der Waals surface area contributed by atoms with Crippen molar-refractivity contribution in [3.05, 3.63) is 51.5 Å². The maximum atomic E-state index is 5.67. The van der Waals surface area contributed by atoms with E-state index < -0.39 is 0 Å².